The third-order valence-electron chi connectivity index (χ3n) is 3.70. The van der Waals surface area contributed by atoms with Crippen LogP contribution in [0.4, 0.5) is 0 Å². The number of hydrogen-bond donors (Lipinski definition) is 1. The van der Waals surface area contributed by atoms with Crippen molar-refractivity contribution in [3.05, 3.63) is 0 Å². The van der Waals surface area contributed by atoms with E-state index < -0.39 is 9.84 Å². The number of sulfone groups is 1. The maximum Gasteiger partial charge on any atom is 0.153 e. The van der Waals surface area contributed by atoms with Crippen molar-refractivity contribution >= 4 is 9.84 Å². The highest BCUT2D eigenvalue weighted by Crippen LogP contribution is 2.32. The largest absolute Gasteiger partial charge is 0.312 e. The lowest BCUT2D eigenvalue weighted by atomic mass is 9.78. The normalized spacial score (nSPS) is 26.7. The fourth-order valence-electron chi connectivity index (χ4n) is 2.84. The Morgan fingerprint density at radius 1 is 1.41 bits per heavy atom. The summed E-state index contributed by atoms with van der Waals surface area (Å²) >= 11 is 0. The van der Waals surface area contributed by atoms with Crippen LogP contribution in [-0.4, -0.2) is 32.5 Å². The van der Waals surface area contributed by atoms with Crippen LogP contribution in [0.15, 0.2) is 0 Å². The van der Waals surface area contributed by atoms with Crippen molar-refractivity contribution in [1.29, 1.82) is 0 Å². The zero-order chi connectivity index (χ0) is 13.1. The Labute approximate surface area is 106 Å². The molecule has 0 saturated carbocycles. The van der Waals surface area contributed by atoms with Gasteiger partial charge in [-0.25, -0.2) is 8.42 Å². The van der Waals surface area contributed by atoms with Gasteiger partial charge in [-0.05, 0) is 24.2 Å². The Hall–Kier alpha value is -0.0900. The molecule has 1 aliphatic rings. The first kappa shape index (κ1) is 15.0. The van der Waals surface area contributed by atoms with Gasteiger partial charge < -0.3 is 5.32 Å². The van der Waals surface area contributed by atoms with Crippen molar-refractivity contribution in [1.82, 2.24) is 5.32 Å². The third-order valence-corrected chi connectivity index (χ3v) is 5.43. The van der Waals surface area contributed by atoms with Gasteiger partial charge >= 0.3 is 0 Å². The molecule has 0 spiro atoms. The molecule has 1 N–H and O–H groups in total. The summed E-state index contributed by atoms with van der Waals surface area (Å²) in [6.45, 7) is 9.60. The van der Waals surface area contributed by atoms with Gasteiger partial charge in [0.25, 0.3) is 0 Å². The summed E-state index contributed by atoms with van der Waals surface area (Å²) in [5, 5.41) is 3.34. The first-order chi connectivity index (χ1) is 7.74. The van der Waals surface area contributed by atoms with Gasteiger partial charge in [0.1, 0.15) is 0 Å². The Balaban J connectivity index is 2.52. The van der Waals surface area contributed by atoms with Crippen LogP contribution in [0.3, 0.4) is 0 Å². The molecular formula is C13H27NO2S. The van der Waals surface area contributed by atoms with Crippen molar-refractivity contribution < 1.29 is 8.42 Å². The summed E-state index contributed by atoms with van der Waals surface area (Å²) < 4.78 is 23.2. The average Bonchev–Trinajstić information content (AvgIpc) is 2.14. The molecule has 0 radical (unpaired) electrons. The molecule has 0 aliphatic carbocycles. The van der Waals surface area contributed by atoms with Gasteiger partial charge in [-0.1, -0.05) is 34.1 Å². The predicted octanol–water partition coefficient (Wildman–Crippen LogP) is 2.23. The molecule has 1 saturated heterocycles. The van der Waals surface area contributed by atoms with Gasteiger partial charge in [0.2, 0.25) is 0 Å². The van der Waals surface area contributed by atoms with Crippen LogP contribution in [-0.2, 0) is 9.84 Å². The Kier molecular flexibility index (Phi) is 5.02. The van der Waals surface area contributed by atoms with Crippen LogP contribution < -0.4 is 5.32 Å². The predicted molar refractivity (Wildman–Crippen MR) is 72.9 cm³/mol. The number of rotatable bonds is 5. The smallest absolute Gasteiger partial charge is 0.153 e. The van der Waals surface area contributed by atoms with Crippen LogP contribution >= 0.6 is 0 Å². The maximum absolute atomic E-state index is 11.6. The van der Waals surface area contributed by atoms with Gasteiger partial charge in [-0.3, -0.25) is 0 Å². The molecule has 0 aromatic carbocycles. The number of hydrogen-bond acceptors (Lipinski definition) is 3. The van der Waals surface area contributed by atoms with Crippen molar-refractivity contribution in [3.63, 3.8) is 0 Å². The lowest BCUT2D eigenvalue weighted by Gasteiger charge is -2.34. The van der Waals surface area contributed by atoms with E-state index in [9.17, 15) is 8.42 Å². The zero-order valence-electron chi connectivity index (χ0n) is 11.6. The lowest BCUT2D eigenvalue weighted by Crippen LogP contribution is -2.47. The molecule has 0 amide bonds. The average molecular weight is 261 g/mol. The minimum atomic E-state index is -2.80. The van der Waals surface area contributed by atoms with E-state index in [-0.39, 0.29) is 11.5 Å². The fourth-order valence-corrected chi connectivity index (χ4v) is 4.28. The fraction of sp³-hybridized carbons (Fsp3) is 1.00. The zero-order valence-corrected chi connectivity index (χ0v) is 12.4. The van der Waals surface area contributed by atoms with E-state index in [1.807, 2.05) is 0 Å². The molecule has 102 valence electrons. The molecule has 1 aliphatic heterocycles. The Morgan fingerprint density at radius 3 is 2.59 bits per heavy atom. The minimum absolute atomic E-state index is 0.146. The van der Waals surface area contributed by atoms with E-state index >= 15 is 0 Å². The Morgan fingerprint density at radius 2 is 2.06 bits per heavy atom. The highest BCUT2D eigenvalue weighted by molar-refractivity contribution is 7.91. The molecule has 1 fully saturated rings. The topological polar surface area (TPSA) is 46.2 Å². The van der Waals surface area contributed by atoms with E-state index in [1.54, 1.807) is 0 Å². The number of nitrogens with one attached hydrogen (secondary N) is 1. The Bertz CT molecular complexity index is 335. The lowest BCUT2D eigenvalue weighted by molar-refractivity contribution is 0.227. The van der Waals surface area contributed by atoms with Crippen molar-refractivity contribution in [3.8, 4) is 0 Å². The van der Waals surface area contributed by atoms with E-state index in [1.165, 1.54) is 12.8 Å². The molecule has 1 rings (SSSR count). The standard InChI is InChI=1S/C13H27NO2S/c1-5-11(2)8-13(3,4)9-12-10-17(15,16)7-6-14-12/h11-12,14H,5-10H2,1-4H3. The van der Waals surface area contributed by atoms with Gasteiger partial charge in [0, 0.05) is 12.6 Å². The monoisotopic (exact) mass is 261 g/mol. The quantitative estimate of drug-likeness (QED) is 0.825. The second-order valence-corrected chi connectivity index (χ2v) is 8.58. The second-order valence-electron chi connectivity index (χ2n) is 6.35. The van der Waals surface area contributed by atoms with Gasteiger partial charge in [0.05, 0.1) is 11.5 Å². The van der Waals surface area contributed by atoms with E-state index in [0.29, 0.717) is 24.0 Å². The van der Waals surface area contributed by atoms with Gasteiger partial charge in [0.15, 0.2) is 9.84 Å². The molecule has 3 nitrogen and oxygen atoms in total. The minimum Gasteiger partial charge on any atom is -0.312 e. The summed E-state index contributed by atoms with van der Waals surface area (Å²) in [6.07, 6.45) is 3.32. The van der Waals surface area contributed by atoms with Crippen molar-refractivity contribution in [2.45, 2.75) is 53.0 Å². The summed E-state index contributed by atoms with van der Waals surface area (Å²) in [4.78, 5) is 0. The highest BCUT2D eigenvalue weighted by atomic mass is 32.2. The van der Waals surface area contributed by atoms with E-state index in [0.717, 1.165) is 6.42 Å². The van der Waals surface area contributed by atoms with Crippen molar-refractivity contribution in [2.24, 2.45) is 11.3 Å². The summed E-state index contributed by atoms with van der Waals surface area (Å²) in [7, 11) is -2.80. The summed E-state index contributed by atoms with van der Waals surface area (Å²) in [5.74, 6) is 1.33. The SMILES string of the molecule is CCC(C)CC(C)(C)CC1CS(=O)(=O)CCN1. The van der Waals surface area contributed by atoms with Crippen LogP contribution in [0.25, 0.3) is 0 Å². The second kappa shape index (κ2) is 5.70. The molecule has 17 heavy (non-hydrogen) atoms. The maximum atomic E-state index is 11.6. The van der Waals surface area contributed by atoms with E-state index in [4.69, 9.17) is 0 Å². The first-order valence-corrected chi connectivity index (χ1v) is 8.50. The molecular weight excluding hydrogens is 234 g/mol. The van der Waals surface area contributed by atoms with Gasteiger partial charge in [-0.2, -0.15) is 0 Å². The first-order valence-electron chi connectivity index (χ1n) is 6.68. The third kappa shape index (κ3) is 5.38. The molecule has 4 heteroatoms. The van der Waals surface area contributed by atoms with E-state index in [2.05, 4.69) is 33.0 Å². The van der Waals surface area contributed by atoms with Crippen LogP contribution in [0.2, 0.25) is 0 Å². The van der Waals surface area contributed by atoms with Crippen LogP contribution in [0, 0.1) is 11.3 Å². The van der Waals surface area contributed by atoms with Gasteiger partial charge in [-0.15, -0.1) is 0 Å². The highest BCUT2D eigenvalue weighted by Gasteiger charge is 2.30. The molecule has 0 aromatic rings. The molecule has 2 atom stereocenters. The molecule has 1 heterocycles. The molecule has 0 aromatic heterocycles. The summed E-state index contributed by atoms with van der Waals surface area (Å²) in [5.41, 5.74) is 0.222. The summed E-state index contributed by atoms with van der Waals surface area (Å²) in [6, 6.07) is 0.146. The van der Waals surface area contributed by atoms with Crippen LogP contribution in [0.1, 0.15) is 47.0 Å². The van der Waals surface area contributed by atoms with Crippen LogP contribution in [0.5, 0.6) is 0 Å². The molecule has 0 bridgehead atoms. The molecule has 2 unspecified atom stereocenters. The van der Waals surface area contributed by atoms with Crippen molar-refractivity contribution in [2.75, 3.05) is 18.1 Å².